The van der Waals surface area contributed by atoms with E-state index in [-0.39, 0.29) is 11.9 Å². The molecule has 1 aromatic rings. The standard InChI is InChI=1S/C15H22FNS/c1-11(17-2)15-13(16)9-6-10-14(15)18-12-7-4-3-5-8-12/h6,9-12,17H,3-5,7-8H2,1-2H3. The lowest BCUT2D eigenvalue weighted by Gasteiger charge is -2.23. The van der Waals surface area contributed by atoms with Crippen LogP contribution in [0.3, 0.4) is 0 Å². The smallest absolute Gasteiger partial charge is 0.129 e. The van der Waals surface area contributed by atoms with Gasteiger partial charge >= 0.3 is 0 Å². The number of thioether (sulfide) groups is 1. The van der Waals surface area contributed by atoms with E-state index in [0.29, 0.717) is 5.25 Å². The summed E-state index contributed by atoms with van der Waals surface area (Å²) in [6.07, 6.45) is 6.55. The van der Waals surface area contributed by atoms with Gasteiger partial charge in [0, 0.05) is 21.8 Å². The molecule has 0 heterocycles. The fraction of sp³-hybridized carbons (Fsp3) is 0.600. The van der Waals surface area contributed by atoms with Crippen molar-refractivity contribution in [2.75, 3.05) is 7.05 Å². The quantitative estimate of drug-likeness (QED) is 0.860. The molecule has 0 amide bonds. The van der Waals surface area contributed by atoms with E-state index in [1.807, 2.05) is 31.8 Å². The molecule has 1 aliphatic carbocycles. The summed E-state index contributed by atoms with van der Waals surface area (Å²) in [6.45, 7) is 2.02. The van der Waals surface area contributed by atoms with Crippen molar-refractivity contribution < 1.29 is 4.39 Å². The first-order valence-electron chi connectivity index (χ1n) is 6.84. The number of nitrogens with one attached hydrogen (secondary N) is 1. The molecule has 0 aliphatic heterocycles. The second-order valence-electron chi connectivity index (χ2n) is 5.04. The van der Waals surface area contributed by atoms with Gasteiger partial charge in [-0.1, -0.05) is 25.3 Å². The second kappa shape index (κ2) is 6.58. The maximum absolute atomic E-state index is 14.0. The first-order chi connectivity index (χ1) is 8.72. The molecule has 1 aliphatic rings. The van der Waals surface area contributed by atoms with Crippen LogP contribution in [-0.2, 0) is 0 Å². The summed E-state index contributed by atoms with van der Waals surface area (Å²) in [6, 6.07) is 5.52. The SMILES string of the molecule is CNC(C)c1c(F)cccc1SC1CCCCC1. The van der Waals surface area contributed by atoms with E-state index >= 15 is 0 Å². The summed E-state index contributed by atoms with van der Waals surface area (Å²) in [5.41, 5.74) is 0.829. The molecule has 1 aromatic carbocycles. The number of hydrogen-bond donors (Lipinski definition) is 1. The Morgan fingerprint density at radius 2 is 2.00 bits per heavy atom. The highest BCUT2D eigenvalue weighted by Gasteiger charge is 2.19. The van der Waals surface area contributed by atoms with Gasteiger partial charge in [-0.3, -0.25) is 0 Å². The fourth-order valence-electron chi connectivity index (χ4n) is 2.55. The number of halogens is 1. The van der Waals surface area contributed by atoms with Crippen molar-refractivity contribution in [3.8, 4) is 0 Å². The zero-order valence-corrected chi connectivity index (χ0v) is 12.0. The molecule has 1 unspecified atom stereocenters. The van der Waals surface area contributed by atoms with E-state index in [2.05, 4.69) is 11.4 Å². The number of hydrogen-bond acceptors (Lipinski definition) is 2. The molecule has 0 aromatic heterocycles. The van der Waals surface area contributed by atoms with Crippen LogP contribution in [0.2, 0.25) is 0 Å². The summed E-state index contributed by atoms with van der Waals surface area (Å²) in [4.78, 5) is 1.11. The van der Waals surface area contributed by atoms with Crippen LogP contribution in [0.15, 0.2) is 23.1 Å². The zero-order valence-electron chi connectivity index (χ0n) is 11.2. The van der Waals surface area contributed by atoms with Crippen molar-refractivity contribution >= 4 is 11.8 Å². The van der Waals surface area contributed by atoms with Gasteiger partial charge in [-0.05, 0) is 38.9 Å². The molecule has 1 saturated carbocycles. The van der Waals surface area contributed by atoms with Crippen LogP contribution in [0, 0.1) is 5.82 Å². The van der Waals surface area contributed by atoms with Crippen molar-refractivity contribution in [3.05, 3.63) is 29.6 Å². The highest BCUT2D eigenvalue weighted by Crippen LogP contribution is 2.37. The third-order valence-electron chi connectivity index (χ3n) is 3.72. The lowest BCUT2D eigenvalue weighted by molar-refractivity contribution is 0.514. The monoisotopic (exact) mass is 267 g/mol. The van der Waals surface area contributed by atoms with E-state index < -0.39 is 0 Å². The molecule has 3 heteroatoms. The normalized spacial score (nSPS) is 18.8. The zero-order chi connectivity index (χ0) is 13.0. The van der Waals surface area contributed by atoms with Crippen molar-refractivity contribution in [1.29, 1.82) is 0 Å². The second-order valence-corrected chi connectivity index (χ2v) is 6.38. The summed E-state index contributed by atoms with van der Waals surface area (Å²) >= 11 is 1.87. The Morgan fingerprint density at radius 3 is 2.67 bits per heavy atom. The Balaban J connectivity index is 2.18. The van der Waals surface area contributed by atoms with Gasteiger partial charge in [0.2, 0.25) is 0 Å². The van der Waals surface area contributed by atoms with Crippen LogP contribution in [0.25, 0.3) is 0 Å². The molecule has 0 bridgehead atoms. The lowest BCUT2D eigenvalue weighted by Crippen LogP contribution is -2.16. The Labute approximate surface area is 114 Å². The summed E-state index contributed by atoms with van der Waals surface area (Å²) < 4.78 is 14.0. The van der Waals surface area contributed by atoms with Gasteiger partial charge in [0.1, 0.15) is 5.82 Å². The molecule has 1 atom stereocenters. The first kappa shape index (κ1) is 13.9. The highest BCUT2D eigenvalue weighted by atomic mass is 32.2. The molecule has 2 rings (SSSR count). The fourth-order valence-corrected chi connectivity index (χ4v) is 4.03. The predicted octanol–water partition coefficient (Wildman–Crippen LogP) is 4.53. The third kappa shape index (κ3) is 3.27. The van der Waals surface area contributed by atoms with Crippen LogP contribution in [0.1, 0.15) is 50.6 Å². The Kier molecular flexibility index (Phi) is 5.07. The largest absolute Gasteiger partial charge is 0.313 e. The van der Waals surface area contributed by atoms with Crippen molar-refractivity contribution in [3.63, 3.8) is 0 Å². The minimum Gasteiger partial charge on any atom is -0.313 e. The third-order valence-corrected chi connectivity index (χ3v) is 5.14. The Hall–Kier alpha value is -0.540. The topological polar surface area (TPSA) is 12.0 Å². The molecule has 0 spiro atoms. The van der Waals surface area contributed by atoms with E-state index in [1.54, 1.807) is 6.07 Å². The predicted molar refractivity (Wildman–Crippen MR) is 76.6 cm³/mol. The molecule has 1 nitrogen and oxygen atoms in total. The lowest BCUT2D eigenvalue weighted by atomic mass is 10.0. The van der Waals surface area contributed by atoms with Crippen LogP contribution in [-0.4, -0.2) is 12.3 Å². The minimum absolute atomic E-state index is 0.0669. The Bertz CT molecular complexity index is 388. The molecule has 1 N–H and O–H groups in total. The van der Waals surface area contributed by atoms with Crippen LogP contribution >= 0.6 is 11.8 Å². The van der Waals surface area contributed by atoms with E-state index in [4.69, 9.17) is 0 Å². The van der Waals surface area contributed by atoms with Gasteiger partial charge in [-0.15, -0.1) is 11.8 Å². The maximum Gasteiger partial charge on any atom is 0.129 e. The summed E-state index contributed by atoms with van der Waals surface area (Å²) in [5.74, 6) is -0.0855. The van der Waals surface area contributed by atoms with Gasteiger partial charge in [-0.25, -0.2) is 4.39 Å². The first-order valence-corrected chi connectivity index (χ1v) is 7.72. The van der Waals surface area contributed by atoms with E-state index in [1.165, 1.54) is 32.1 Å². The van der Waals surface area contributed by atoms with Crippen LogP contribution in [0.5, 0.6) is 0 Å². The Morgan fingerprint density at radius 1 is 1.28 bits per heavy atom. The average molecular weight is 267 g/mol. The average Bonchev–Trinajstić information content (AvgIpc) is 2.39. The summed E-state index contributed by atoms with van der Waals surface area (Å²) in [7, 11) is 1.88. The maximum atomic E-state index is 14.0. The van der Waals surface area contributed by atoms with E-state index in [0.717, 1.165) is 10.5 Å². The molecule has 0 radical (unpaired) electrons. The molecule has 0 saturated heterocycles. The molecular weight excluding hydrogens is 245 g/mol. The molecule has 18 heavy (non-hydrogen) atoms. The molecular formula is C15H22FNS. The van der Waals surface area contributed by atoms with Crippen molar-refractivity contribution in [2.24, 2.45) is 0 Å². The van der Waals surface area contributed by atoms with E-state index in [9.17, 15) is 4.39 Å². The van der Waals surface area contributed by atoms with Gasteiger partial charge < -0.3 is 5.32 Å². The van der Waals surface area contributed by atoms with Crippen molar-refractivity contribution in [2.45, 2.75) is 55.2 Å². The highest BCUT2D eigenvalue weighted by molar-refractivity contribution is 8.00. The van der Waals surface area contributed by atoms with Gasteiger partial charge in [0.15, 0.2) is 0 Å². The molecule has 1 fully saturated rings. The van der Waals surface area contributed by atoms with Gasteiger partial charge in [-0.2, -0.15) is 0 Å². The van der Waals surface area contributed by atoms with Crippen LogP contribution in [0.4, 0.5) is 4.39 Å². The van der Waals surface area contributed by atoms with Gasteiger partial charge in [0.05, 0.1) is 0 Å². The molecule has 100 valence electrons. The number of benzene rings is 1. The minimum atomic E-state index is -0.0855. The number of rotatable bonds is 4. The van der Waals surface area contributed by atoms with Gasteiger partial charge in [0.25, 0.3) is 0 Å². The van der Waals surface area contributed by atoms with Crippen molar-refractivity contribution in [1.82, 2.24) is 5.32 Å². The van der Waals surface area contributed by atoms with Crippen LogP contribution < -0.4 is 5.32 Å². The summed E-state index contributed by atoms with van der Waals surface area (Å²) in [5, 5.41) is 3.82.